The first-order valence-electron chi connectivity index (χ1n) is 7.96. The lowest BCUT2D eigenvalue weighted by Gasteiger charge is -2.15. The van der Waals surface area contributed by atoms with E-state index in [0.717, 1.165) is 0 Å². The molecule has 0 bridgehead atoms. The number of ether oxygens (including phenoxy) is 3. The molecule has 26 heavy (non-hydrogen) atoms. The van der Waals surface area contributed by atoms with Crippen LogP contribution < -0.4 is 9.47 Å². The predicted octanol–water partition coefficient (Wildman–Crippen LogP) is 4.65. The van der Waals surface area contributed by atoms with E-state index in [1.807, 2.05) is 13.0 Å². The standard InChI is InChI=1S/C19H17ClFNO4/c1-3-13-5-6-16(25-11-17(23)24-4-2)18(21)19(13)26-15-8-12(10-22)7-14(20)9-15/h5-9H,3-4,11H2,1-2H3. The van der Waals surface area contributed by atoms with Crippen LogP contribution in [0.15, 0.2) is 30.3 Å². The average molecular weight is 378 g/mol. The van der Waals surface area contributed by atoms with Crippen molar-refractivity contribution < 1.29 is 23.4 Å². The first kappa shape index (κ1) is 19.5. The first-order chi connectivity index (χ1) is 12.5. The molecule has 0 aliphatic rings. The van der Waals surface area contributed by atoms with Gasteiger partial charge in [0.05, 0.1) is 18.2 Å². The molecule has 2 aromatic carbocycles. The molecule has 0 unspecified atom stereocenters. The molecule has 0 aromatic heterocycles. The summed E-state index contributed by atoms with van der Waals surface area (Å²) in [7, 11) is 0. The fraction of sp³-hybridized carbons (Fsp3) is 0.263. The van der Waals surface area contributed by atoms with Gasteiger partial charge in [-0.05, 0) is 43.2 Å². The second kappa shape index (κ2) is 9.07. The Balaban J connectivity index is 2.32. The van der Waals surface area contributed by atoms with E-state index in [-0.39, 0.29) is 23.9 Å². The Bertz CT molecular complexity index is 848. The number of benzene rings is 2. The molecular weight excluding hydrogens is 361 g/mol. The molecule has 0 saturated carbocycles. The highest BCUT2D eigenvalue weighted by molar-refractivity contribution is 6.30. The molecule has 0 aliphatic carbocycles. The molecule has 0 fully saturated rings. The van der Waals surface area contributed by atoms with Crippen LogP contribution in [0.1, 0.15) is 25.0 Å². The zero-order valence-corrected chi connectivity index (χ0v) is 15.1. The van der Waals surface area contributed by atoms with Crippen LogP contribution in [0.5, 0.6) is 17.2 Å². The Labute approximate surface area is 155 Å². The molecule has 136 valence electrons. The lowest BCUT2D eigenvalue weighted by molar-refractivity contribution is -0.145. The van der Waals surface area contributed by atoms with Crippen LogP contribution >= 0.6 is 11.6 Å². The molecule has 2 rings (SSSR count). The number of halogens is 2. The molecule has 5 nitrogen and oxygen atoms in total. The quantitative estimate of drug-likeness (QED) is 0.657. The SMILES string of the molecule is CCOC(=O)COc1ccc(CC)c(Oc2cc(Cl)cc(C#N)c2)c1F. The maximum Gasteiger partial charge on any atom is 0.344 e. The van der Waals surface area contributed by atoms with Crippen molar-refractivity contribution in [1.82, 2.24) is 0 Å². The maximum absolute atomic E-state index is 14.8. The molecule has 7 heteroatoms. The zero-order chi connectivity index (χ0) is 19.1. The summed E-state index contributed by atoms with van der Waals surface area (Å²) in [6, 6.07) is 9.45. The number of esters is 1. The third kappa shape index (κ3) is 4.87. The van der Waals surface area contributed by atoms with Crippen molar-refractivity contribution in [3.63, 3.8) is 0 Å². The van der Waals surface area contributed by atoms with Gasteiger partial charge in [0.15, 0.2) is 18.1 Å². The second-order valence-electron chi connectivity index (χ2n) is 5.20. The Hall–Kier alpha value is -2.78. The van der Waals surface area contributed by atoms with Crippen molar-refractivity contribution in [2.75, 3.05) is 13.2 Å². The molecule has 0 aliphatic heterocycles. The highest BCUT2D eigenvalue weighted by Crippen LogP contribution is 2.35. The zero-order valence-electron chi connectivity index (χ0n) is 14.3. The van der Waals surface area contributed by atoms with E-state index in [1.54, 1.807) is 13.0 Å². The largest absolute Gasteiger partial charge is 0.479 e. The van der Waals surface area contributed by atoms with Gasteiger partial charge >= 0.3 is 5.97 Å². The monoisotopic (exact) mass is 377 g/mol. The second-order valence-corrected chi connectivity index (χ2v) is 5.64. The Morgan fingerprint density at radius 2 is 2.04 bits per heavy atom. The third-order valence-corrected chi connectivity index (χ3v) is 3.61. The van der Waals surface area contributed by atoms with E-state index in [0.29, 0.717) is 22.6 Å². The van der Waals surface area contributed by atoms with Crippen LogP contribution in [0.4, 0.5) is 4.39 Å². The van der Waals surface area contributed by atoms with Gasteiger partial charge < -0.3 is 14.2 Å². The summed E-state index contributed by atoms with van der Waals surface area (Å²) >= 11 is 5.95. The molecule has 2 aromatic rings. The van der Waals surface area contributed by atoms with Crippen molar-refractivity contribution >= 4 is 17.6 Å². The summed E-state index contributed by atoms with van der Waals surface area (Å²) in [4.78, 5) is 11.4. The highest BCUT2D eigenvalue weighted by atomic mass is 35.5. The van der Waals surface area contributed by atoms with E-state index < -0.39 is 18.4 Å². The molecule has 0 amide bonds. The molecule has 0 spiro atoms. The van der Waals surface area contributed by atoms with Crippen LogP contribution in [0, 0.1) is 17.1 Å². The van der Waals surface area contributed by atoms with Crippen molar-refractivity contribution in [1.29, 1.82) is 5.26 Å². The topological polar surface area (TPSA) is 68.6 Å². The molecule has 0 heterocycles. The molecule has 0 saturated heterocycles. The van der Waals surface area contributed by atoms with Crippen LogP contribution in [0.3, 0.4) is 0 Å². The van der Waals surface area contributed by atoms with Gasteiger partial charge in [0.2, 0.25) is 5.82 Å². The van der Waals surface area contributed by atoms with Gasteiger partial charge in [0, 0.05) is 5.02 Å². The van der Waals surface area contributed by atoms with Gasteiger partial charge in [-0.3, -0.25) is 0 Å². The molecular formula is C19H17ClFNO4. The summed E-state index contributed by atoms with van der Waals surface area (Å²) in [5.41, 5.74) is 0.894. The number of hydrogen-bond donors (Lipinski definition) is 0. The van der Waals surface area contributed by atoms with E-state index in [9.17, 15) is 9.18 Å². The van der Waals surface area contributed by atoms with Gasteiger partial charge in [-0.25, -0.2) is 4.79 Å². The third-order valence-electron chi connectivity index (χ3n) is 3.40. The molecule has 0 atom stereocenters. The van der Waals surface area contributed by atoms with Crippen molar-refractivity contribution in [2.45, 2.75) is 20.3 Å². The Kier molecular flexibility index (Phi) is 6.81. The number of nitrogens with zero attached hydrogens (tertiary/aromatic N) is 1. The molecule has 0 N–H and O–H groups in total. The van der Waals surface area contributed by atoms with Gasteiger partial charge in [0.1, 0.15) is 5.75 Å². The normalized spacial score (nSPS) is 10.1. The minimum atomic E-state index is -0.743. The first-order valence-corrected chi connectivity index (χ1v) is 8.34. The minimum absolute atomic E-state index is 0.0417. The van der Waals surface area contributed by atoms with Crippen LogP contribution in [0.2, 0.25) is 5.02 Å². The lowest BCUT2D eigenvalue weighted by Crippen LogP contribution is -2.15. The van der Waals surface area contributed by atoms with E-state index in [2.05, 4.69) is 0 Å². The van der Waals surface area contributed by atoms with Gasteiger partial charge in [-0.15, -0.1) is 0 Å². The van der Waals surface area contributed by atoms with E-state index >= 15 is 0 Å². The minimum Gasteiger partial charge on any atom is -0.479 e. The van der Waals surface area contributed by atoms with Gasteiger partial charge in [-0.1, -0.05) is 24.6 Å². The average Bonchev–Trinajstić information content (AvgIpc) is 2.62. The van der Waals surface area contributed by atoms with E-state index in [1.165, 1.54) is 24.3 Å². The number of carbonyl (C=O) groups excluding carboxylic acids is 1. The van der Waals surface area contributed by atoms with Crippen molar-refractivity contribution in [3.8, 4) is 23.3 Å². The number of carbonyl (C=O) groups is 1. The van der Waals surface area contributed by atoms with Crippen molar-refractivity contribution in [2.24, 2.45) is 0 Å². The molecule has 0 radical (unpaired) electrons. The van der Waals surface area contributed by atoms with Gasteiger partial charge in [0.25, 0.3) is 0 Å². The smallest absolute Gasteiger partial charge is 0.344 e. The fourth-order valence-electron chi connectivity index (χ4n) is 2.22. The summed E-state index contributed by atoms with van der Waals surface area (Å²) in [5, 5.41) is 9.31. The van der Waals surface area contributed by atoms with Crippen LogP contribution in [-0.4, -0.2) is 19.2 Å². The summed E-state index contributed by atoms with van der Waals surface area (Å²) in [5.74, 6) is -1.28. The highest BCUT2D eigenvalue weighted by Gasteiger charge is 2.18. The number of aryl methyl sites for hydroxylation is 1. The van der Waals surface area contributed by atoms with Crippen molar-refractivity contribution in [3.05, 3.63) is 52.3 Å². The summed E-state index contributed by atoms with van der Waals surface area (Å²) in [6.45, 7) is 3.32. The number of rotatable bonds is 7. The van der Waals surface area contributed by atoms with Crippen LogP contribution in [0.25, 0.3) is 0 Å². The lowest BCUT2D eigenvalue weighted by atomic mass is 10.1. The van der Waals surface area contributed by atoms with E-state index in [4.69, 9.17) is 31.1 Å². The Morgan fingerprint density at radius 3 is 2.69 bits per heavy atom. The van der Waals surface area contributed by atoms with Gasteiger partial charge in [-0.2, -0.15) is 9.65 Å². The Morgan fingerprint density at radius 1 is 1.27 bits per heavy atom. The number of nitriles is 1. The maximum atomic E-state index is 14.8. The number of hydrogen-bond acceptors (Lipinski definition) is 5. The fourth-order valence-corrected chi connectivity index (χ4v) is 2.45. The predicted molar refractivity (Wildman–Crippen MR) is 94.1 cm³/mol. The summed E-state index contributed by atoms with van der Waals surface area (Å²) < 4.78 is 30.4. The van der Waals surface area contributed by atoms with Crippen LogP contribution in [-0.2, 0) is 16.0 Å². The summed E-state index contributed by atoms with van der Waals surface area (Å²) in [6.07, 6.45) is 0.510.